The van der Waals surface area contributed by atoms with Gasteiger partial charge in [0.25, 0.3) is 5.56 Å². The first-order valence-corrected chi connectivity index (χ1v) is 10.3. The van der Waals surface area contributed by atoms with Crippen LogP contribution in [-0.4, -0.2) is 55.5 Å². The molecule has 1 unspecified atom stereocenters. The average molecular weight is 394 g/mol. The van der Waals surface area contributed by atoms with Crippen molar-refractivity contribution in [3.63, 3.8) is 0 Å². The third-order valence-electron chi connectivity index (χ3n) is 6.24. The third-order valence-corrected chi connectivity index (χ3v) is 6.24. The lowest BCUT2D eigenvalue weighted by atomic mass is 9.95. The zero-order valence-electron chi connectivity index (χ0n) is 16.6. The number of likely N-dealkylation sites (tertiary alicyclic amines) is 1. The molecule has 0 spiro atoms. The molecule has 2 saturated heterocycles. The second-order valence-electron chi connectivity index (χ2n) is 8.24. The van der Waals surface area contributed by atoms with E-state index in [0.29, 0.717) is 17.4 Å². The van der Waals surface area contributed by atoms with Gasteiger partial charge in [-0.2, -0.15) is 0 Å². The fraction of sp³-hybridized carbons (Fsp3) is 0.524. The lowest BCUT2D eigenvalue weighted by Crippen LogP contribution is -2.22. The lowest BCUT2D eigenvalue weighted by molar-refractivity contribution is 0.0835. The molecule has 0 aliphatic carbocycles. The zero-order chi connectivity index (χ0) is 19.8. The van der Waals surface area contributed by atoms with Crippen molar-refractivity contribution in [2.45, 2.75) is 38.1 Å². The predicted octanol–water partition coefficient (Wildman–Crippen LogP) is 1.94. The topological polar surface area (TPSA) is 88.4 Å². The van der Waals surface area contributed by atoms with Gasteiger partial charge in [-0.25, -0.2) is 15.0 Å². The molecule has 8 nitrogen and oxygen atoms in total. The Morgan fingerprint density at radius 3 is 2.76 bits per heavy atom. The highest BCUT2D eigenvalue weighted by Gasteiger charge is 2.32. The van der Waals surface area contributed by atoms with E-state index in [1.807, 2.05) is 10.5 Å². The van der Waals surface area contributed by atoms with E-state index in [1.165, 1.54) is 0 Å². The van der Waals surface area contributed by atoms with Crippen LogP contribution in [0.3, 0.4) is 0 Å². The van der Waals surface area contributed by atoms with Crippen LogP contribution in [0.5, 0.6) is 0 Å². The molecule has 2 aliphatic heterocycles. The third kappa shape index (κ3) is 3.58. The summed E-state index contributed by atoms with van der Waals surface area (Å²) in [5.41, 5.74) is 1.54. The van der Waals surface area contributed by atoms with E-state index in [-0.39, 0.29) is 11.5 Å². The standard InChI is InChI=1S/C21H26N6O2/c1-14-10-26(13-19-22-5-2-6-23-19)11-16(14)17-12-27-18(21(28)25-17)9-24-20(27)15-3-7-29-8-4-15/h2,5-6,9,12,14-16H,3-4,7-8,10-11,13H2,1H3,(H,25,28)/t14?,16-/m1/s1. The number of fused-ring (bicyclic) bond motifs is 1. The second kappa shape index (κ2) is 7.68. The van der Waals surface area contributed by atoms with Crippen molar-refractivity contribution in [3.05, 3.63) is 58.6 Å². The minimum absolute atomic E-state index is 0.0645. The molecule has 3 aromatic heterocycles. The molecule has 2 aliphatic rings. The summed E-state index contributed by atoms with van der Waals surface area (Å²) in [6.07, 6.45) is 9.25. The summed E-state index contributed by atoms with van der Waals surface area (Å²) in [5.74, 6) is 2.85. The molecule has 2 fully saturated rings. The van der Waals surface area contributed by atoms with E-state index in [1.54, 1.807) is 18.6 Å². The number of aromatic nitrogens is 5. The van der Waals surface area contributed by atoms with Crippen molar-refractivity contribution in [2.75, 3.05) is 26.3 Å². The van der Waals surface area contributed by atoms with Crippen LogP contribution in [0.15, 0.2) is 35.6 Å². The first-order chi connectivity index (χ1) is 14.2. The molecule has 29 heavy (non-hydrogen) atoms. The zero-order valence-corrected chi connectivity index (χ0v) is 16.6. The minimum Gasteiger partial charge on any atom is -0.381 e. The Morgan fingerprint density at radius 1 is 1.17 bits per heavy atom. The second-order valence-corrected chi connectivity index (χ2v) is 8.24. The van der Waals surface area contributed by atoms with Gasteiger partial charge in [0.2, 0.25) is 0 Å². The quantitative estimate of drug-likeness (QED) is 0.728. The van der Waals surface area contributed by atoms with Crippen LogP contribution in [0.25, 0.3) is 5.52 Å². The van der Waals surface area contributed by atoms with E-state index in [0.717, 1.165) is 63.0 Å². The molecule has 0 aromatic carbocycles. The Labute approximate surface area is 169 Å². The molecule has 8 heteroatoms. The Morgan fingerprint density at radius 2 is 1.97 bits per heavy atom. The maximum absolute atomic E-state index is 12.8. The molecule has 0 bridgehead atoms. The van der Waals surface area contributed by atoms with E-state index in [2.05, 4.69) is 38.0 Å². The van der Waals surface area contributed by atoms with Gasteiger partial charge < -0.3 is 9.72 Å². The summed E-state index contributed by atoms with van der Waals surface area (Å²) >= 11 is 0. The number of H-pyrrole nitrogens is 1. The largest absolute Gasteiger partial charge is 0.381 e. The number of ether oxygens (including phenoxy) is 1. The van der Waals surface area contributed by atoms with Gasteiger partial charge in [0.05, 0.1) is 12.7 Å². The van der Waals surface area contributed by atoms with Gasteiger partial charge >= 0.3 is 0 Å². The molecule has 5 heterocycles. The molecule has 152 valence electrons. The average Bonchev–Trinajstić information content (AvgIpc) is 3.33. The summed E-state index contributed by atoms with van der Waals surface area (Å²) in [7, 11) is 0. The maximum atomic E-state index is 12.8. The van der Waals surface area contributed by atoms with Gasteiger partial charge in [-0.1, -0.05) is 6.92 Å². The van der Waals surface area contributed by atoms with Gasteiger partial charge in [-0.3, -0.25) is 14.1 Å². The van der Waals surface area contributed by atoms with Crippen LogP contribution in [0.2, 0.25) is 0 Å². The summed E-state index contributed by atoms with van der Waals surface area (Å²) in [6, 6.07) is 1.83. The summed E-state index contributed by atoms with van der Waals surface area (Å²) in [6.45, 7) is 6.32. The maximum Gasteiger partial charge on any atom is 0.274 e. The first kappa shape index (κ1) is 18.4. The fourth-order valence-corrected chi connectivity index (χ4v) is 4.70. The molecule has 1 N–H and O–H groups in total. The van der Waals surface area contributed by atoms with Crippen molar-refractivity contribution in [1.82, 2.24) is 29.2 Å². The number of nitrogens with zero attached hydrogens (tertiary/aromatic N) is 5. The van der Waals surface area contributed by atoms with Crippen LogP contribution in [0.1, 0.15) is 48.9 Å². The minimum atomic E-state index is -0.0645. The monoisotopic (exact) mass is 394 g/mol. The Kier molecular flexibility index (Phi) is 4.89. The highest BCUT2D eigenvalue weighted by molar-refractivity contribution is 5.45. The molecule has 0 amide bonds. The SMILES string of the molecule is CC1CN(Cc2ncccn2)C[C@H]1c1cn2c(C3CCOCC3)ncc2c(=O)[nH]1. The number of nitrogens with one attached hydrogen (secondary N) is 1. The number of imidazole rings is 1. The van der Waals surface area contributed by atoms with Crippen LogP contribution in [-0.2, 0) is 11.3 Å². The van der Waals surface area contributed by atoms with E-state index < -0.39 is 0 Å². The number of hydrogen-bond acceptors (Lipinski definition) is 6. The Hall–Kier alpha value is -2.58. The number of rotatable bonds is 4. The van der Waals surface area contributed by atoms with Crippen LogP contribution < -0.4 is 5.56 Å². The summed E-state index contributed by atoms with van der Waals surface area (Å²) < 4.78 is 7.51. The normalized spacial score (nSPS) is 23.8. The smallest absolute Gasteiger partial charge is 0.274 e. The van der Waals surface area contributed by atoms with Crippen molar-refractivity contribution >= 4 is 5.52 Å². The number of aromatic amines is 1. The molecule has 2 atom stereocenters. The van der Waals surface area contributed by atoms with Crippen LogP contribution in [0, 0.1) is 5.92 Å². The molecule has 5 rings (SSSR count). The van der Waals surface area contributed by atoms with Crippen LogP contribution >= 0.6 is 0 Å². The highest BCUT2D eigenvalue weighted by Crippen LogP contribution is 2.32. The molecular formula is C21H26N6O2. The molecule has 0 saturated carbocycles. The van der Waals surface area contributed by atoms with Crippen LogP contribution in [0.4, 0.5) is 0 Å². The van der Waals surface area contributed by atoms with Crippen molar-refractivity contribution in [1.29, 1.82) is 0 Å². The lowest BCUT2D eigenvalue weighted by Gasteiger charge is -2.21. The summed E-state index contributed by atoms with van der Waals surface area (Å²) in [5, 5.41) is 0. The van der Waals surface area contributed by atoms with Gasteiger partial charge in [-0.05, 0) is 24.8 Å². The van der Waals surface area contributed by atoms with Crippen molar-refractivity contribution in [2.24, 2.45) is 5.92 Å². The van der Waals surface area contributed by atoms with Gasteiger partial charge in [-0.15, -0.1) is 0 Å². The Bertz CT molecular complexity index is 1040. The van der Waals surface area contributed by atoms with Gasteiger partial charge in [0, 0.05) is 62.4 Å². The fourth-order valence-electron chi connectivity index (χ4n) is 4.70. The predicted molar refractivity (Wildman–Crippen MR) is 108 cm³/mol. The number of hydrogen-bond donors (Lipinski definition) is 1. The van der Waals surface area contributed by atoms with E-state index >= 15 is 0 Å². The van der Waals surface area contributed by atoms with Gasteiger partial charge in [0.1, 0.15) is 17.2 Å². The highest BCUT2D eigenvalue weighted by atomic mass is 16.5. The summed E-state index contributed by atoms with van der Waals surface area (Å²) in [4.78, 5) is 31.5. The van der Waals surface area contributed by atoms with E-state index in [4.69, 9.17) is 4.74 Å². The van der Waals surface area contributed by atoms with Crippen molar-refractivity contribution in [3.8, 4) is 0 Å². The molecule has 3 aromatic rings. The molecule has 0 radical (unpaired) electrons. The first-order valence-electron chi connectivity index (χ1n) is 10.3. The molecular weight excluding hydrogens is 368 g/mol. The van der Waals surface area contributed by atoms with Gasteiger partial charge in [0.15, 0.2) is 0 Å². The Balaban J connectivity index is 1.43. The van der Waals surface area contributed by atoms with Crippen molar-refractivity contribution < 1.29 is 4.74 Å². The van der Waals surface area contributed by atoms with E-state index in [9.17, 15) is 4.79 Å².